The van der Waals surface area contributed by atoms with Crippen LogP contribution >= 0.6 is 0 Å². The third-order valence-corrected chi connectivity index (χ3v) is 4.54. The second kappa shape index (κ2) is 6.30. The van der Waals surface area contributed by atoms with Crippen molar-refractivity contribution in [1.82, 2.24) is 14.4 Å². The number of aromatic nitrogens is 2. The molecule has 25 heavy (non-hydrogen) atoms. The summed E-state index contributed by atoms with van der Waals surface area (Å²) in [6, 6.07) is -1.15. The van der Waals surface area contributed by atoms with Gasteiger partial charge >= 0.3 is 17.9 Å². The molecule has 134 valence electrons. The molecule has 0 radical (unpaired) electrons. The van der Waals surface area contributed by atoms with Gasteiger partial charge in [0.1, 0.15) is 11.9 Å². The van der Waals surface area contributed by atoms with E-state index in [2.05, 4.69) is 16.7 Å². The quantitative estimate of drug-likeness (QED) is 0.574. The predicted molar refractivity (Wildman–Crippen MR) is 87.3 cm³/mol. The zero-order valence-corrected chi connectivity index (χ0v) is 14.9. The Morgan fingerprint density at radius 1 is 1.36 bits per heavy atom. The van der Waals surface area contributed by atoms with E-state index in [-0.39, 0.29) is 18.9 Å². The average molecular weight is 348 g/mol. The van der Waals surface area contributed by atoms with Gasteiger partial charge in [0.2, 0.25) is 11.9 Å². The molecule has 3 heterocycles. The molecule has 0 aromatic carbocycles. The summed E-state index contributed by atoms with van der Waals surface area (Å²) in [6.45, 7) is 4.81. The number of carbonyl (C=O) groups excluding carboxylic acids is 3. The summed E-state index contributed by atoms with van der Waals surface area (Å²) in [6.07, 6.45) is 2.78. The molecule has 9 nitrogen and oxygen atoms in total. The van der Waals surface area contributed by atoms with Crippen molar-refractivity contribution in [3.63, 3.8) is 0 Å². The molecule has 1 fully saturated rings. The highest BCUT2D eigenvalue weighted by atomic mass is 16.5. The predicted octanol–water partition coefficient (Wildman–Crippen LogP) is 0.536. The molecule has 3 amide bonds. The Hall–Kier alpha value is -2.71. The van der Waals surface area contributed by atoms with Crippen LogP contribution in [0.3, 0.4) is 0 Å². The number of likely N-dealkylation sites (N-methyl/N-ethyl adjacent to an activating group) is 1. The van der Waals surface area contributed by atoms with E-state index in [0.29, 0.717) is 11.8 Å². The molecule has 1 aromatic heterocycles. The molecule has 0 aliphatic carbocycles. The number of aliphatic imine (C=N–C) groups is 1. The Bertz CT molecular complexity index is 782. The Balaban J connectivity index is 1.95. The lowest BCUT2D eigenvalue weighted by atomic mass is 10.1. The maximum atomic E-state index is 12.9. The SMILES string of the molecule is CCCn1c(C)c[n+]2c1N=C1C2C(=O)N(CCC(=O)OC)C(=O)N1C. The van der Waals surface area contributed by atoms with Crippen molar-refractivity contribution in [2.45, 2.75) is 39.3 Å². The van der Waals surface area contributed by atoms with Crippen molar-refractivity contribution in [3.05, 3.63) is 11.9 Å². The van der Waals surface area contributed by atoms with Crippen LogP contribution in [0.5, 0.6) is 0 Å². The van der Waals surface area contributed by atoms with Gasteiger partial charge in [-0.25, -0.2) is 13.9 Å². The minimum Gasteiger partial charge on any atom is -0.469 e. The molecular formula is C16H22N5O4+. The Labute approximate surface area is 145 Å². The lowest BCUT2D eigenvalue weighted by Crippen LogP contribution is -2.62. The molecule has 2 aliphatic heterocycles. The van der Waals surface area contributed by atoms with Crippen LogP contribution in [0.2, 0.25) is 0 Å². The van der Waals surface area contributed by atoms with Crippen LogP contribution in [0.4, 0.5) is 10.7 Å². The highest BCUT2D eigenvalue weighted by Gasteiger charge is 2.53. The van der Waals surface area contributed by atoms with Gasteiger partial charge in [-0.1, -0.05) is 11.9 Å². The number of amidine groups is 1. The molecule has 1 atom stereocenters. The maximum Gasteiger partial charge on any atom is 0.401 e. The van der Waals surface area contributed by atoms with Crippen LogP contribution in [0.1, 0.15) is 31.5 Å². The lowest BCUT2D eigenvalue weighted by Gasteiger charge is -2.32. The smallest absolute Gasteiger partial charge is 0.401 e. The number of nitrogens with zero attached hydrogens (tertiary/aromatic N) is 5. The van der Waals surface area contributed by atoms with Gasteiger partial charge in [-0.3, -0.25) is 19.4 Å². The van der Waals surface area contributed by atoms with Crippen LogP contribution < -0.4 is 4.57 Å². The number of rotatable bonds is 5. The topological polar surface area (TPSA) is 88.1 Å². The second-order valence-corrected chi connectivity index (χ2v) is 6.16. The number of methoxy groups -OCH3 is 1. The van der Waals surface area contributed by atoms with Crippen molar-refractivity contribution < 1.29 is 23.7 Å². The summed E-state index contributed by atoms with van der Waals surface area (Å²) in [4.78, 5) is 43.8. The van der Waals surface area contributed by atoms with E-state index in [1.807, 2.05) is 17.7 Å². The maximum absolute atomic E-state index is 12.9. The second-order valence-electron chi connectivity index (χ2n) is 6.16. The van der Waals surface area contributed by atoms with Gasteiger partial charge in [-0.05, 0) is 13.3 Å². The van der Waals surface area contributed by atoms with E-state index in [1.54, 1.807) is 11.6 Å². The zero-order chi connectivity index (χ0) is 18.3. The third kappa shape index (κ3) is 2.59. The van der Waals surface area contributed by atoms with E-state index < -0.39 is 18.0 Å². The summed E-state index contributed by atoms with van der Waals surface area (Å²) < 4.78 is 8.43. The van der Waals surface area contributed by atoms with Crippen LogP contribution in [0, 0.1) is 6.92 Å². The number of carbonyl (C=O) groups is 3. The van der Waals surface area contributed by atoms with Crippen LogP contribution in [0.25, 0.3) is 0 Å². The van der Waals surface area contributed by atoms with Crippen LogP contribution in [-0.2, 0) is 20.9 Å². The minimum absolute atomic E-state index is 0.0109. The van der Waals surface area contributed by atoms with Crippen molar-refractivity contribution in [1.29, 1.82) is 0 Å². The first kappa shape index (κ1) is 17.1. The van der Waals surface area contributed by atoms with E-state index in [0.717, 1.165) is 23.6 Å². The Morgan fingerprint density at radius 3 is 2.72 bits per heavy atom. The van der Waals surface area contributed by atoms with Crippen molar-refractivity contribution >= 4 is 29.7 Å². The van der Waals surface area contributed by atoms with Gasteiger partial charge in [0.05, 0.1) is 20.1 Å². The number of urea groups is 1. The first-order valence-corrected chi connectivity index (χ1v) is 8.26. The number of fused-ring (bicyclic) bond motifs is 3. The van der Waals surface area contributed by atoms with E-state index in [4.69, 9.17) is 0 Å². The van der Waals surface area contributed by atoms with Crippen LogP contribution in [0.15, 0.2) is 11.2 Å². The lowest BCUT2D eigenvalue weighted by molar-refractivity contribution is -0.677. The minimum atomic E-state index is -0.674. The van der Waals surface area contributed by atoms with Crippen molar-refractivity contribution in [2.75, 3.05) is 20.7 Å². The number of imide groups is 1. The third-order valence-electron chi connectivity index (χ3n) is 4.54. The summed E-state index contributed by atoms with van der Waals surface area (Å²) in [5.41, 5.74) is 1.01. The number of aryl methyl sites for hydroxylation is 1. The van der Waals surface area contributed by atoms with E-state index in [9.17, 15) is 14.4 Å². The standard InChI is InChI=1S/C16H22N5O4/c1-5-7-19-10(2)9-21-12-13(17-15(19)21)18(3)16(24)20(14(12)23)8-6-11(22)25-4/h9,12H,5-8H2,1-4H3/q+1. The van der Waals surface area contributed by atoms with Gasteiger partial charge in [0.25, 0.3) is 5.91 Å². The fourth-order valence-corrected chi connectivity index (χ4v) is 3.24. The van der Waals surface area contributed by atoms with E-state index in [1.165, 1.54) is 12.0 Å². The summed E-state index contributed by atoms with van der Waals surface area (Å²) >= 11 is 0. The van der Waals surface area contributed by atoms with Gasteiger partial charge in [-0.2, -0.15) is 0 Å². The summed E-state index contributed by atoms with van der Waals surface area (Å²) in [5, 5.41) is 0. The van der Waals surface area contributed by atoms with Gasteiger partial charge in [0.15, 0.2) is 0 Å². The molecule has 3 rings (SSSR count). The summed E-state index contributed by atoms with van der Waals surface area (Å²) in [7, 11) is 2.87. The first-order chi connectivity index (χ1) is 11.9. The molecule has 1 saturated heterocycles. The largest absolute Gasteiger partial charge is 0.469 e. The van der Waals surface area contributed by atoms with Crippen molar-refractivity contribution in [2.24, 2.45) is 4.99 Å². The fraction of sp³-hybridized carbons (Fsp3) is 0.562. The molecule has 1 unspecified atom stereocenters. The highest BCUT2D eigenvalue weighted by molar-refractivity contribution is 6.19. The zero-order valence-electron chi connectivity index (χ0n) is 14.9. The molecule has 0 N–H and O–H groups in total. The molecular weight excluding hydrogens is 326 g/mol. The fourth-order valence-electron chi connectivity index (χ4n) is 3.24. The number of imidazole rings is 1. The normalized spacial score (nSPS) is 19.0. The molecule has 9 heteroatoms. The molecule has 0 bridgehead atoms. The number of amides is 3. The molecule has 2 aliphatic rings. The molecule has 1 aromatic rings. The average Bonchev–Trinajstić information content (AvgIpc) is 3.09. The van der Waals surface area contributed by atoms with Crippen molar-refractivity contribution in [3.8, 4) is 0 Å². The Kier molecular flexibility index (Phi) is 4.32. The van der Waals surface area contributed by atoms with Gasteiger partial charge < -0.3 is 4.74 Å². The van der Waals surface area contributed by atoms with E-state index >= 15 is 0 Å². The highest BCUT2D eigenvalue weighted by Crippen LogP contribution is 2.29. The number of ether oxygens (including phenoxy) is 1. The first-order valence-electron chi connectivity index (χ1n) is 8.26. The number of hydrogen-bond acceptors (Lipinski definition) is 5. The van der Waals surface area contributed by atoms with Gasteiger partial charge in [-0.15, -0.1) is 0 Å². The Morgan fingerprint density at radius 2 is 2.08 bits per heavy atom. The monoisotopic (exact) mass is 348 g/mol. The number of esters is 1. The summed E-state index contributed by atoms with van der Waals surface area (Å²) in [5.74, 6) is 0.252. The molecule has 0 saturated carbocycles. The molecule has 0 spiro atoms. The van der Waals surface area contributed by atoms with Crippen LogP contribution in [-0.4, -0.2) is 58.8 Å². The number of hydrogen-bond donors (Lipinski definition) is 0. The van der Waals surface area contributed by atoms with Gasteiger partial charge in [0, 0.05) is 13.6 Å².